The molecule has 0 aliphatic carbocycles. The van der Waals surface area contributed by atoms with Gasteiger partial charge in [-0.1, -0.05) is 0 Å². The molecule has 0 aromatic carbocycles. The second-order valence-corrected chi connectivity index (χ2v) is 6.98. The number of hydrogen-bond donors (Lipinski definition) is 2. The second kappa shape index (κ2) is 6.70. The van der Waals surface area contributed by atoms with Crippen LogP contribution in [0.5, 0.6) is 0 Å². The molecule has 9 heteroatoms. The molecule has 0 saturated carbocycles. The van der Waals surface area contributed by atoms with E-state index in [9.17, 15) is 13.2 Å². The Labute approximate surface area is 126 Å². The fourth-order valence-electron chi connectivity index (χ4n) is 1.33. The summed E-state index contributed by atoms with van der Waals surface area (Å²) in [6.45, 7) is 4.76. The highest BCUT2D eigenvalue weighted by molar-refractivity contribution is 9.10. The minimum atomic E-state index is -3.81. The molecule has 114 valence electrons. The maximum Gasteiger partial charge on any atom is 0.371 e. The standard InChI is InChI=1S/C11H17BrN2O5S/c1-7(2)14(3)5-4-13-20(17,18)9-6-8(11(15)16)19-10(9)12/h6-7,13H,4-5H2,1-3H3,(H,15,16). The van der Waals surface area contributed by atoms with E-state index in [1.54, 1.807) is 0 Å². The maximum absolute atomic E-state index is 12.0. The number of hydrogen-bond acceptors (Lipinski definition) is 5. The van der Waals surface area contributed by atoms with Crippen molar-refractivity contribution in [1.29, 1.82) is 0 Å². The summed E-state index contributed by atoms with van der Waals surface area (Å²) in [5.74, 6) is -1.76. The van der Waals surface area contributed by atoms with Gasteiger partial charge < -0.3 is 14.4 Å². The van der Waals surface area contributed by atoms with E-state index in [1.165, 1.54) is 0 Å². The van der Waals surface area contributed by atoms with E-state index >= 15 is 0 Å². The molecule has 0 spiro atoms. The van der Waals surface area contributed by atoms with Crippen molar-refractivity contribution in [2.45, 2.75) is 24.8 Å². The Bertz CT molecular complexity index is 582. The number of nitrogens with one attached hydrogen (secondary N) is 1. The predicted octanol–water partition coefficient (Wildman–Crippen LogP) is 1.36. The summed E-state index contributed by atoms with van der Waals surface area (Å²) in [5, 5.41) is 8.76. The van der Waals surface area contributed by atoms with Gasteiger partial charge in [0, 0.05) is 25.2 Å². The molecule has 0 fully saturated rings. The first kappa shape index (κ1) is 17.2. The molecular formula is C11H17BrN2O5S. The Morgan fingerprint density at radius 2 is 2.15 bits per heavy atom. The highest BCUT2D eigenvalue weighted by Gasteiger charge is 2.24. The first-order chi connectivity index (χ1) is 9.15. The van der Waals surface area contributed by atoms with Gasteiger partial charge in [0.2, 0.25) is 15.8 Å². The van der Waals surface area contributed by atoms with Crippen LogP contribution in [0.15, 0.2) is 20.0 Å². The quantitative estimate of drug-likeness (QED) is 0.753. The molecule has 0 atom stereocenters. The van der Waals surface area contributed by atoms with Gasteiger partial charge in [-0.05, 0) is 36.8 Å². The third-order valence-corrected chi connectivity index (χ3v) is 5.11. The highest BCUT2D eigenvalue weighted by atomic mass is 79.9. The average molecular weight is 369 g/mol. The summed E-state index contributed by atoms with van der Waals surface area (Å²) in [6, 6.07) is 1.28. The third kappa shape index (κ3) is 4.30. The molecule has 20 heavy (non-hydrogen) atoms. The molecule has 0 bridgehead atoms. The second-order valence-electron chi connectivity index (χ2n) is 4.53. The lowest BCUT2D eigenvalue weighted by Crippen LogP contribution is -2.36. The van der Waals surface area contributed by atoms with Gasteiger partial charge in [-0.25, -0.2) is 17.9 Å². The van der Waals surface area contributed by atoms with Crippen molar-refractivity contribution in [2.24, 2.45) is 0 Å². The number of carboxylic acids is 1. The highest BCUT2D eigenvalue weighted by Crippen LogP contribution is 2.25. The third-order valence-electron chi connectivity index (χ3n) is 2.79. The lowest BCUT2D eigenvalue weighted by Gasteiger charge is -2.20. The summed E-state index contributed by atoms with van der Waals surface area (Å²) < 4.78 is 31.1. The van der Waals surface area contributed by atoms with Gasteiger partial charge in [0.1, 0.15) is 4.90 Å². The van der Waals surface area contributed by atoms with Crippen LogP contribution in [0, 0.1) is 0 Å². The molecule has 0 amide bonds. The summed E-state index contributed by atoms with van der Waals surface area (Å²) >= 11 is 2.91. The van der Waals surface area contributed by atoms with Gasteiger partial charge in [-0.15, -0.1) is 0 Å². The van der Waals surface area contributed by atoms with Crippen LogP contribution in [0.25, 0.3) is 0 Å². The Morgan fingerprint density at radius 1 is 1.55 bits per heavy atom. The van der Waals surface area contributed by atoms with E-state index in [0.717, 1.165) is 6.07 Å². The van der Waals surface area contributed by atoms with Crippen LogP contribution in [-0.4, -0.2) is 50.6 Å². The first-order valence-electron chi connectivity index (χ1n) is 5.87. The SMILES string of the molecule is CC(C)N(C)CCNS(=O)(=O)c1cc(C(=O)O)oc1Br. The number of rotatable bonds is 7. The molecule has 0 unspecified atom stereocenters. The number of furan rings is 1. The van der Waals surface area contributed by atoms with Crippen molar-refractivity contribution in [1.82, 2.24) is 9.62 Å². The van der Waals surface area contributed by atoms with E-state index in [4.69, 9.17) is 9.52 Å². The van der Waals surface area contributed by atoms with Crippen LogP contribution < -0.4 is 4.72 Å². The van der Waals surface area contributed by atoms with Gasteiger partial charge in [0.05, 0.1) is 0 Å². The van der Waals surface area contributed by atoms with E-state index in [-0.39, 0.29) is 16.1 Å². The smallest absolute Gasteiger partial charge is 0.371 e. The molecule has 2 N–H and O–H groups in total. The van der Waals surface area contributed by atoms with Crippen LogP contribution in [0.2, 0.25) is 0 Å². The van der Waals surface area contributed by atoms with Crippen molar-refractivity contribution in [3.05, 3.63) is 16.5 Å². The van der Waals surface area contributed by atoms with Gasteiger partial charge >= 0.3 is 5.97 Å². The van der Waals surface area contributed by atoms with Crippen LogP contribution in [0.3, 0.4) is 0 Å². The number of halogens is 1. The molecule has 0 aliphatic rings. The Balaban J connectivity index is 2.77. The van der Waals surface area contributed by atoms with Gasteiger partial charge in [-0.3, -0.25) is 0 Å². The van der Waals surface area contributed by atoms with Crippen molar-refractivity contribution in [3.8, 4) is 0 Å². The molecule has 1 aromatic heterocycles. The lowest BCUT2D eigenvalue weighted by molar-refractivity contribution is 0.0661. The molecule has 1 aromatic rings. The fraction of sp³-hybridized carbons (Fsp3) is 0.545. The molecule has 0 saturated heterocycles. The first-order valence-corrected chi connectivity index (χ1v) is 8.15. The zero-order valence-corrected chi connectivity index (χ0v) is 13.8. The number of aromatic carboxylic acids is 1. The van der Waals surface area contributed by atoms with Crippen LogP contribution in [0.4, 0.5) is 0 Å². The van der Waals surface area contributed by atoms with Gasteiger partial charge in [0.15, 0.2) is 4.67 Å². The van der Waals surface area contributed by atoms with E-state index in [1.807, 2.05) is 25.8 Å². The minimum absolute atomic E-state index is 0.125. The van der Waals surface area contributed by atoms with Crippen LogP contribution >= 0.6 is 15.9 Å². The zero-order chi connectivity index (χ0) is 15.5. The summed E-state index contributed by atoms with van der Waals surface area (Å²) in [4.78, 5) is 12.5. The van der Waals surface area contributed by atoms with E-state index in [2.05, 4.69) is 20.7 Å². The van der Waals surface area contributed by atoms with E-state index in [0.29, 0.717) is 12.6 Å². The largest absolute Gasteiger partial charge is 0.475 e. The number of sulfonamides is 1. The molecule has 0 aliphatic heterocycles. The summed E-state index contributed by atoms with van der Waals surface area (Å²) in [5.41, 5.74) is 0. The average Bonchev–Trinajstić information content (AvgIpc) is 2.71. The molecule has 0 radical (unpaired) electrons. The van der Waals surface area contributed by atoms with Gasteiger partial charge in [-0.2, -0.15) is 0 Å². The molecule has 1 rings (SSSR count). The Kier molecular flexibility index (Phi) is 5.75. The predicted molar refractivity (Wildman–Crippen MR) is 76.3 cm³/mol. The number of carbonyl (C=O) groups is 1. The van der Waals surface area contributed by atoms with Crippen molar-refractivity contribution in [3.63, 3.8) is 0 Å². The zero-order valence-electron chi connectivity index (χ0n) is 11.4. The Morgan fingerprint density at radius 3 is 2.60 bits per heavy atom. The van der Waals surface area contributed by atoms with Crippen molar-refractivity contribution >= 4 is 31.9 Å². The minimum Gasteiger partial charge on any atom is -0.475 e. The topological polar surface area (TPSA) is 99.9 Å². The normalized spacial score (nSPS) is 12.3. The number of likely N-dealkylation sites (N-methyl/N-ethyl adjacent to an activating group) is 1. The monoisotopic (exact) mass is 368 g/mol. The lowest BCUT2D eigenvalue weighted by atomic mass is 10.3. The molecule has 7 nitrogen and oxygen atoms in total. The van der Waals surface area contributed by atoms with E-state index < -0.39 is 21.8 Å². The molecule has 1 heterocycles. The van der Waals surface area contributed by atoms with Crippen LogP contribution in [-0.2, 0) is 10.0 Å². The maximum atomic E-state index is 12.0. The van der Waals surface area contributed by atoms with Crippen molar-refractivity contribution < 1.29 is 22.7 Å². The van der Waals surface area contributed by atoms with Crippen LogP contribution in [0.1, 0.15) is 24.4 Å². The Hall–Kier alpha value is -0.900. The number of carboxylic acid groups (broad SMARTS) is 1. The summed E-state index contributed by atoms with van der Waals surface area (Å²) in [7, 11) is -1.92. The van der Waals surface area contributed by atoms with Gasteiger partial charge in [0.25, 0.3) is 0 Å². The summed E-state index contributed by atoms with van der Waals surface area (Å²) in [6.07, 6.45) is 0. The van der Waals surface area contributed by atoms with Crippen molar-refractivity contribution in [2.75, 3.05) is 20.1 Å². The fourth-order valence-corrected chi connectivity index (χ4v) is 3.29. The number of nitrogens with zero attached hydrogens (tertiary/aromatic N) is 1. The molecular weight excluding hydrogens is 352 g/mol.